The normalized spacial score (nSPS) is 15.6. The van der Waals surface area contributed by atoms with E-state index in [0.717, 1.165) is 4.31 Å². The van der Waals surface area contributed by atoms with Gasteiger partial charge in [-0.1, -0.05) is 23.7 Å². The fraction of sp³-hybridized carbons (Fsp3) is 0.278. The van der Waals surface area contributed by atoms with E-state index in [4.69, 9.17) is 11.6 Å². The summed E-state index contributed by atoms with van der Waals surface area (Å²) in [6.07, 6.45) is 0. The number of halogens is 1. The van der Waals surface area contributed by atoms with Crippen molar-refractivity contribution in [1.82, 2.24) is 4.90 Å². The molecule has 1 fully saturated rings. The molecule has 0 spiro atoms. The van der Waals surface area contributed by atoms with Gasteiger partial charge in [0.2, 0.25) is 0 Å². The van der Waals surface area contributed by atoms with Gasteiger partial charge in [0.15, 0.2) is 0 Å². The molecule has 0 atom stereocenters. The molecular formula is C18H19ClN2O4S2. The maximum atomic E-state index is 13.0. The number of benzene rings is 2. The molecule has 0 unspecified atom stereocenters. The van der Waals surface area contributed by atoms with E-state index in [9.17, 15) is 17.4 Å². The van der Waals surface area contributed by atoms with Crippen LogP contribution in [0.2, 0.25) is 5.02 Å². The lowest BCUT2D eigenvalue weighted by Gasteiger charge is -2.26. The van der Waals surface area contributed by atoms with Crippen LogP contribution in [0.4, 0.5) is 5.69 Å². The second-order valence-electron chi connectivity index (χ2n) is 6.12. The number of nitrogens with zero attached hydrogens (tertiary/aromatic N) is 2. The zero-order valence-corrected chi connectivity index (χ0v) is 17.1. The Labute approximate surface area is 166 Å². The zero-order valence-electron chi connectivity index (χ0n) is 14.7. The number of carbonyl (C=O) groups excluding carboxylic acids is 1. The molecule has 1 saturated heterocycles. The van der Waals surface area contributed by atoms with Crippen LogP contribution < -0.4 is 4.31 Å². The standard InChI is InChI=1S/C18H19ClN2O4S2/c1-20(16-6-3-5-15(19)13-16)27(24,25)17-7-2-4-14(12-17)18(22)21-8-10-26(23)11-9-21/h2-7,12-13H,8-11H2,1H3. The summed E-state index contributed by atoms with van der Waals surface area (Å²) in [7, 11) is -3.30. The summed E-state index contributed by atoms with van der Waals surface area (Å²) in [5.41, 5.74) is 0.723. The number of sulfonamides is 1. The Kier molecular flexibility index (Phi) is 5.88. The number of carbonyl (C=O) groups is 1. The molecule has 1 heterocycles. The smallest absolute Gasteiger partial charge is 0.264 e. The number of anilines is 1. The van der Waals surface area contributed by atoms with E-state index in [2.05, 4.69) is 0 Å². The number of rotatable bonds is 4. The largest absolute Gasteiger partial charge is 0.337 e. The third kappa shape index (κ3) is 4.34. The molecular weight excluding hydrogens is 408 g/mol. The van der Waals surface area contributed by atoms with Gasteiger partial charge in [-0.25, -0.2) is 8.42 Å². The van der Waals surface area contributed by atoms with E-state index in [1.165, 1.54) is 19.2 Å². The molecule has 144 valence electrons. The molecule has 6 nitrogen and oxygen atoms in total. The Morgan fingerprint density at radius 3 is 2.44 bits per heavy atom. The second-order valence-corrected chi connectivity index (χ2v) is 10.2. The topological polar surface area (TPSA) is 74.8 Å². The van der Waals surface area contributed by atoms with Crippen LogP contribution >= 0.6 is 11.6 Å². The van der Waals surface area contributed by atoms with E-state index in [1.54, 1.807) is 41.3 Å². The Morgan fingerprint density at radius 2 is 1.78 bits per heavy atom. The van der Waals surface area contributed by atoms with Crippen molar-refractivity contribution < 1.29 is 17.4 Å². The Bertz CT molecular complexity index is 984. The molecule has 9 heteroatoms. The first-order chi connectivity index (χ1) is 12.8. The van der Waals surface area contributed by atoms with E-state index in [1.807, 2.05) is 0 Å². The van der Waals surface area contributed by atoms with Crippen LogP contribution in [0.1, 0.15) is 10.4 Å². The average molecular weight is 427 g/mol. The van der Waals surface area contributed by atoms with Gasteiger partial charge >= 0.3 is 0 Å². The molecule has 1 aliphatic heterocycles. The number of amides is 1. The van der Waals surface area contributed by atoms with E-state index in [0.29, 0.717) is 40.9 Å². The molecule has 0 bridgehead atoms. The Hall–Kier alpha value is -1.90. The van der Waals surface area contributed by atoms with Gasteiger partial charge in [-0.15, -0.1) is 0 Å². The van der Waals surface area contributed by atoms with E-state index >= 15 is 0 Å². The Morgan fingerprint density at radius 1 is 1.11 bits per heavy atom. The predicted octanol–water partition coefficient (Wildman–Crippen LogP) is 2.37. The van der Waals surface area contributed by atoms with Crippen molar-refractivity contribution in [1.29, 1.82) is 0 Å². The molecule has 1 amide bonds. The monoisotopic (exact) mass is 426 g/mol. The Balaban J connectivity index is 1.87. The van der Waals surface area contributed by atoms with E-state index in [-0.39, 0.29) is 10.8 Å². The van der Waals surface area contributed by atoms with Crippen LogP contribution in [0.15, 0.2) is 53.4 Å². The third-order valence-corrected chi connectivity index (χ3v) is 7.67. The van der Waals surface area contributed by atoms with Crippen molar-refractivity contribution in [2.24, 2.45) is 0 Å². The van der Waals surface area contributed by atoms with Crippen LogP contribution in [0.3, 0.4) is 0 Å². The third-order valence-electron chi connectivity index (χ3n) is 4.38. The maximum Gasteiger partial charge on any atom is 0.264 e. The van der Waals surface area contributed by atoms with Crippen molar-refractivity contribution in [3.63, 3.8) is 0 Å². The zero-order chi connectivity index (χ0) is 19.6. The summed E-state index contributed by atoms with van der Waals surface area (Å²) >= 11 is 5.95. The molecule has 0 saturated carbocycles. The lowest BCUT2D eigenvalue weighted by atomic mass is 10.2. The number of hydrogen-bond donors (Lipinski definition) is 0. The van der Waals surface area contributed by atoms with Crippen molar-refractivity contribution in [3.8, 4) is 0 Å². The highest BCUT2D eigenvalue weighted by atomic mass is 35.5. The SMILES string of the molecule is CN(c1cccc(Cl)c1)S(=O)(=O)c1cccc(C(=O)N2CCS(=O)CC2)c1. The van der Waals surface area contributed by atoms with E-state index < -0.39 is 20.8 Å². The van der Waals surface area contributed by atoms with Crippen LogP contribution in [0, 0.1) is 0 Å². The van der Waals surface area contributed by atoms with Gasteiger partial charge in [-0.2, -0.15) is 0 Å². The van der Waals surface area contributed by atoms with Crippen LogP contribution in [-0.2, 0) is 20.8 Å². The van der Waals surface area contributed by atoms with Gasteiger partial charge in [-0.05, 0) is 36.4 Å². The molecule has 1 aliphatic rings. The quantitative estimate of drug-likeness (QED) is 0.752. The lowest BCUT2D eigenvalue weighted by molar-refractivity contribution is 0.0771. The molecule has 27 heavy (non-hydrogen) atoms. The van der Waals surface area contributed by atoms with Crippen LogP contribution in [0.5, 0.6) is 0 Å². The van der Waals surface area contributed by atoms with Gasteiger partial charge in [0.05, 0.1) is 10.6 Å². The highest BCUT2D eigenvalue weighted by Gasteiger charge is 2.25. The minimum Gasteiger partial charge on any atom is -0.337 e. The molecule has 0 aliphatic carbocycles. The summed E-state index contributed by atoms with van der Waals surface area (Å²) in [6, 6.07) is 12.5. The minimum absolute atomic E-state index is 0.0245. The first-order valence-corrected chi connectivity index (χ1v) is 11.6. The van der Waals surface area contributed by atoms with Gasteiger partial charge in [-0.3, -0.25) is 13.3 Å². The highest BCUT2D eigenvalue weighted by Crippen LogP contribution is 2.25. The molecule has 3 rings (SSSR count). The van der Waals surface area contributed by atoms with Crippen molar-refractivity contribution in [2.45, 2.75) is 4.90 Å². The molecule has 2 aromatic rings. The first-order valence-electron chi connectivity index (χ1n) is 8.28. The molecule has 2 aromatic carbocycles. The van der Waals surface area contributed by atoms with Gasteiger partial charge in [0.1, 0.15) is 0 Å². The second kappa shape index (κ2) is 8.00. The fourth-order valence-corrected chi connectivity index (χ4v) is 5.25. The van der Waals surface area contributed by atoms with Crippen LogP contribution in [0.25, 0.3) is 0 Å². The summed E-state index contributed by atoms with van der Waals surface area (Å²) in [4.78, 5) is 14.3. The predicted molar refractivity (Wildman–Crippen MR) is 107 cm³/mol. The average Bonchev–Trinajstić information content (AvgIpc) is 2.67. The number of hydrogen-bond acceptors (Lipinski definition) is 4. The van der Waals surface area contributed by atoms with Gasteiger partial charge in [0, 0.05) is 53.0 Å². The van der Waals surface area contributed by atoms with Crippen molar-refractivity contribution >= 4 is 44.0 Å². The van der Waals surface area contributed by atoms with Crippen molar-refractivity contribution in [3.05, 3.63) is 59.1 Å². The highest BCUT2D eigenvalue weighted by molar-refractivity contribution is 7.92. The van der Waals surface area contributed by atoms with Gasteiger partial charge < -0.3 is 4.90 Å². The summed E-state index contributed by atoms with van der Waals surface area (Å²) in [5, 5.41) is 0.431. The lowest BCUT2D eigenvalue weighted by Crippen LogP contribution is -2.41. The maximum absolute atomic E-state index is 13.0. The van der Waals surface area contributed by atoms with Crippen molar-refractivity contribution in [2.75, 3.05) is 35.9 Å². The minimum atomic E-state index is -3.85. The van der Waals surface area contributed by atoms with Gasteiger partial charge in [0.25, 0.3) is 15.9 Å². The fourth-order valence-electron chi connectivity index (χ4n) is 2.78. The molecule has 0 N–H and O–H groups in total. The summed E-state index contributed by atoms with van der Waals surface area (Å²) < 4.78 is 38.5. The molecule has 0 radical (unpaired) electrons. The van der Waals surface area contributed by atoms with Crippen LogP contribution in [-0.4, -0.2) is 55.1 Å². The molecule has 0 aromatic heterocycles. The summed E-state index contributed by atoms with van der Waals surface area (Å²) in [6.45, 7) is 0.815. The summed E-state index contributed by atoms with van der Waals surface area (Å²) in [5.74, 6) is 0.636. The first kappa shape index (κ1) is 19.9.